The maximum atomic E-state index is 4.83. The molecule has 0 atom stereocenters. The van der Waals surface area contributed by atoms with Crippen molar-refractivity contribution in [3.8, 4) is 0 Å². The molecule has 236 valence electrons. The molecule has 0 spiro atoms. The second-order valence-corrected chi connectivity index (χ2v) is 14.4. The van der Waals surface area contributed by atoms with Gasteiger partial charge in [0.15, 0.2) is 0 Å². The van der Waals surface area contributed by atoms with Gasteiger partial charge in [0, 0.05) is 25.2 Å². The number of hydrogen-bond donors (Lipinski definition) is 0. The van der Waals surface area contributed by atoms with Gasteiger partial charge in [-0.05, 0) is 86.5 Å². The van der Waals surface area contributed by atoms with Crippen LogP contribution in [0.15, 0.2) is 78.9 Å². The normalized spacial score (nSPS) is 18.7. The topological polar surface area (TPSA) is 24.7 Å². The highest BCUT2D eigenvalue weighted by atomic mass is 14.8. The lowest BCUT2D eigenvalue weighted by Gasteiger charge is -2.25. The minimum Gasteiger partial charge on any atom is -0.286 e. The molecule has 0 radical (unpaired) electrons. The molecule has 42 heavy (non-hydrogen) atoms. The first-order chi connectivity index (χ1) is 19.6. The van der Waals surface area contributed by atoms with E-state index in [0.29, 0.717) is 0 Å². The third-order valence-electron chi connectivity index (χ3n) is 9.04. The summed E-state index contributed by atoms with van der Waals surface area (Å²) >= 11 is 0. The maximum Gasteiger partial charge on any atom is 0.0903 e. The molecule has 0 bridgehead atoms. The third kappa shape index (κ3) is 11.5. The van der Waals surface area contributed by atoms with Crippen molar-refractivity contribution in [3.05, 3.63) is 68.9 Å². The average Bonchev–Trinajstić information content (AvgIpc) is 2.93. The minimum absolute atomic E-state index is 0.150. The lowest BCUT2D eigenvalue weighted by atomic mass is 9.80. The van der Waals surface area contributed by atoms with E-state index < -0.39 is 0 Å². The van der Waals surface area contributed by atoms with Crippen LogP contribution in [0.4, 0.5) is 0 Å². The van der Waals surface area contributed by atoms with Gasteiger partial charge >= 0.3 is 0 Å². The van der Waals surface area contributed by atoms with Gasteiger partial charge in [0.25, 0.3) is 0 Å². The summed E-state index contributed by atoms with van der Waals surface area (Å²) in [5.74, 6) is 0. The Bertz CT molecular complexity index is 1050. The zero-order valence-electron chi connectivity index (χ0n) is 30.3. The van der Waals surface area contributed by atoms with Gasteiger partial charge in [0.1, 0.15) is 0 Å². The molecule has 0 aromatic rings. The van der Waals surface area contributed by atoms with E-state index >= 15 is 0 Å². The number of hydrogen-bond acceptors (Lipinski definition) is 2. The SMILES string of the molecule is CCCCCCC(/C=C(\C)C1=CC=C(/C(C)=C/C(CCCCCC)=C(\C)C(C)(C)C)C(=NC)C1=NC)=C(/C)C(C)(C)C. The molecular weight excluding hydrogens is 508 g/mol. The molecule has 0 amide bonds. The molecule has 1 aliphatic carbocycles. The van der Waals surface area contributed by atoms with Crippen LogP contribution in [-0.4, -0.2) is 25.5 Å². The van der Waals surface area contributed by atoms with Gasteiger partial charge in [0.2, 0.25) is 0 Å². The van der Waals surface area contributed by atoms with E-state index in [1.165, 1.54) is 96.0 Å². The predicted molar refractivity (Wildman–Crippen MR) is 192 cm³/mol. The van der Waals surface area contributed by atoms with Crippen molar-refractivity contribution in [2.24, 2.45) is 20.8 Å². The third-order valence-corrected chi connectivity index (χ3v) is 9.04. The van der Waals surface area contributed by atoms with E-state index in [4.69, 9.17) is 9.98 Å². The molecular formula is C40H66N2. The summed E-state index contributed by atoms with van der Waals surface area (Å²) in [6.07, 6.45) is 21.9. The van der Waals surface area contributed by atoms with E-state index in [-0.39, 0.29) is 10.8 Å². The van der Waals surface area contributed by atoms with Crippen molar-refractivity contribution in [1.29, 1.82) is 0 Å². The molecule has 0 N–H and O–H groups in total. The quantitative estimate of drug-likeness (QED) is 0.112. The van der Waals surface area contributed by atoms with Crippen LogP contribution in [-0.2, 0) is 0 Å². The van der Waals surface area contributed by atoms with Crippen LogP contribution in [0, 0.1) is 10.8 Å². The van der Waals surface area contributed by atoms with Gasteiger partial charge in [-0.2, -0.15) is 0 Å². The highest BCUT2D eigenvalue weighted by Gasteiger charge is 2.24. The Morgan fingerprint density at radius 3 is 1.17 bits per heavy atom. The molecule has 0 saturated heterocycles. The van der Waals surface area contributed by atoms with Gasteiger partial charge in [-0.3, -0.25) is 9.98 Å². The Kier molecular flexibility index (Phi) is 16.0. The van der Waals surface area contributed by atoms with E-state index in [1.807, 2.05) is 14.1 Å². The Morgan fingerprint density at radius 1 is 0.571 bits per heavy atom. The maximum absolute atomic E-state index is 4.83. The molecule has 2 heteroatoms. The van der Waals surface area contributed by atoms with Crippen molar-refractivity contribution in [2.45, 2.75) is 147 Å². The number of allylic oxidation sites excluding steroid dienone is 12. The second-order valence-electron chi connectivity index (χ2n) is 14.4. The average molecular weight is 575 g/mol. The Balaban J connectivity index is 3.63. The first-order valence-electron chi connectivity index (χ1n) is 16.8. The van der Waals surface area contributed by atoms with Crippen molar-refractivity contribution in [1.82, 2.24) is 0 Å². The first-order valence-corrected chi connectivity index (χ1v) is 16.8. The van der Waals surface area contributed by atoms with Crippen LogP contribution >= 0.6 is 0 Å². The number of nitrogens with zero attached hydrogens (tertiary/aromatic N) is 2. The summed E-state index contributed by atoms with van der Waals surface area (Å²) < 4.78 is 0. The van der Waals surface area contributed by atoms with E-state index in [1.54, 1.807) is 0 Å². The summed E-state index contributed by atoms with van der Waals surface area (Å²) in [7, 11) is 3.82. The molecule has 1 aliphatic rings. The van der Waals surface area contributed by atoms with Crippen LogP contribution in [0.25, 0.3) is 0 Å². The Labute approximate surface area is 262 Å². The Hall–Kier alpha value is -2.22. The smallest absolute Gasteiger partial charge is 0.0903 e. The van der Waals surface area contributed by atoms with Crippen molar-refractivity contribution < 1.29 is 0 Å². The van der Waals surface area contributed by atoms with Gasteiger partial charge in [-0.15, -0.1) is 0 Å². The largest absolute Gasteiger partial charge is 0.286 e. The van der Waals surface area contributed by atoms with Crippen molar-refractivity contribution in [2.75, 3.05) is 14.1 Å². The fourth-order valence-corrected chi connectivity index (χ4v) is 5.53. The summed E-state index contributed by atoms with van der Waals surface area (Å²) in [4.78, 5) is 9.65. The van der Waals surface area contributed by atoms with Crippen LogP contribution in [0.2, 0.25) is 0 Å². The van der Waals surface area contributed by atoms with Crippen LogP contribution in [0.3, 0.4) is 0 Å². The van der Waals surface area contributed by atoms with Crippen LogP contribution in [0.5, 0.6) is 0 Å². The summed E-state index contributed by atoms with van der Waals surface area (Å²) in [5.41, 5.74) is 13.1. The molecule has 0 saturated carbocycles. The molecule has 1 rings (SSSR count). The second kappa shape index (κ2) is 17.8. The minimum atomic E-state index is 0.150. The van der Waals surface area contributed by atoms with E-state index in [0.717, 1.165) is 24.3 Å². The van der Waals surface area contributed by atoms with Crippen LogP contribution in [0.1, 0.15) is 147 Å². The standard InChI is InChI=1S/C40H66N2/c1-15-17-19-21-23-33(31(5)39(7,8)9)27-29(3)35-25-26-36(38(42-14)37(35)41-13)30(4)28-34(24-22-20-18-16-2)32(6)40(10,11)12/h25-28H,15-24H2,1-14H3/b29-27+,30-28+,33-31+,34-32+,41-37?,42-38?. The highest BCUT2D eigenvalue weighted by Crippen LogP contribution is 2.34. The molecule has 0 aliphatic heterocycles. The summed E-state index contributed by atoms with van der Waals surface area (Å²) in [6, 6.07) is 0. The highest BCUT2D eigenvalue weighted by molar-refractivity contribution is 6.56. The zero-order valence-corrected chi connectivity index (χ0v) is 30.3. The fraction of sp³-hybridized carbons (Fsp3) is 0.650. The molecule has 0 fully saturated rings. The number of rotatable bonds is 14. The Morgan fingerprint density at radius 2 is 0.905 bits per heavy atom. The van der Waals surface area contributed by atoms with Gasteiger partial charge in [-0.25, -0.2) is 0 Å². The molecule has 2 nitrogen and oxygen atoms in total. The van der Waals surface area contributed by atoms with Gasteiger partial charge in [0.05, 0.1) is 11.4 Å². The zero-order chi connectivity index (χ0) is 32.1. The summed E-state index contributed by atoms with van der Waals surface area (Å²) in [5, 5.41) is 0. The fourth-order valence-electron chi connectivity index (χ4n) is 5.53. The number of aliphatic imine (C=N–C) groups is 2. The molecule has 0 aromatic carbocycles. The monoisotopic (exact) mass is 575 g/mol. The molecule has 0 heterocycles. The van der Waals surface area contributed by atoms with Crippen molar-refractivity contribution in [3.63, 3.8) is 0 Å². The molecule has 0 aromatic heterocycles. The van der Waals surface area contributed by atoms with Crippen molar-refractivity contribution >= 4 is 11.4 Å². The predicted octanol–water partition coefficient (Wildman–Crippen LogP) is 12.6. The number of unbranched alkanes of at least 4 members (excludes halogenated alkanes) is 6. The lowest BCUT2D eigenvalue weighted by Crippen LogP contribution is -2.23. The van der Waals surface area contributed by atoms with Gasteiger partial charge in [-0.1, -0.05) is 129 Å². The van der Waals surface area contributed by atoms with Gasteiger partial charge < -0.3 is 0 Å². The molecule has 0 unspecified atom stereocenters. The lowest BCUT2D eigenvalue weighted by molar-refractivity contribution is 0.495. The first kappa shape index (κ1) is 37.8. The van der Waals surface area contributed by atoms with E-state index in [9.17, 15) is 0 Å². The van der Waals surface area contributed by atoms with Crippen LogP contribution < -0.4 is 0 Å². The summed E-state index contributed by atoms with van der Waals surface area (Å²) in [6.45, 7) is 27.7. The van der Waals surface area contributed by atoms with E-state index in [2.05, 4.69) is 107 Å².